The van der Waals surface area contributed by atoms with Crippen LogP contribution < -0.4 is 15.4 Å². The summed E-state index contributed by atoms with van der Waals surface area (Å²) in [6.07, 6.45) is 0.871. The van der Waals surface area contributed by atoms with Crippen molar-refractivity contribution in [2.24, 2.45) is 5.92 Å². The van der Waals surface area contributed by atoms with E-state index in [-0.39, 0.29) is 30.3 Å². The van der Waals surface area contributed by atoms with E-state index >= 15 is 0 Å². The average molecular weight is 306 g/mol. The van der Waals surface area contributed by atoms with E-state index in [2.05, 4.69) is 10.6 Å². The molecule has 0 bridgehead atoms. The number of carbonyl (C=O) groups is 3. The first-order valence-electron chi connectivity index (χ1n) is 6.94. The summed E-state index contributed by atoms with van der Waals surface area (Å²) >= 11 is 0. The van der Waals surface area contributed by atoms with Crippen molar-refractivity contribution in [2.75, 3.05) is 13.7 Å². The van der Waals surface area contributed by atoms with Crippen LogP contribution in [-0.4, -0.2) is 42.6 Å². The number of carbonyl (C=O) groups excluding carboxylic acids is 2. The summed E-state index contributed by atoms with van der Waals surface area (Å²) in [5.41, 5.74) is 0.404. The molecule has 1 fully saturated rings. The lowest BCUT2D eigenvalue weighted by Gasteiger charge is -2.32. The first-order valence-corrected chi connectivity index (χ1v) is 6.94. The van der Waals surface area contributed by atoms with E-state index in [9.17, 15) is 14.4 Å². The molecule has 0 spiro atoms. The van der Waals surface area contributed by atoms with Crippen LogP contribution in [0.1, 0.15) is 23.2 Å². The minimum Gasteiger partial charge on any atom is -0.497 e. The molecule has 1 aromatic rings. The minimum absolute atomic E-state index is 0.123. The van der Waals surface area contributed by atoms with Gasteiger partial charge in [0.2, 0.25) is 5.91 Å². The maximum atomic E-state index is 11.9. The third kappa shape index (κ3) is 3.97. The largest absolute Gasteiger partial charge is 0.497 e. The molecular weight excluding hydrogens is 288 g/mol. The summed E-state index contributed by atoms with van der Waals surface area (Å²) < 4.78 is 5.03. The fourth-order valence-electron chi connectivity index (χ4n) is 2.24. The van der Waals surface area contributed by atoms with Gasteiger partial charge in [-0.05, 0) is 31.0 Å². The second-order valence-corrected chi connectivity index (χ2v) is 5.19. The van der Waals surface area contributed by atoms with Crippen molar-refractivity contribution < 1.29 is 24.2 Å². The summed E-state index contributed by atoms with van der Waals surface area (Å²) in [5.74, 6) is -1.35. The second kappa shape index (κ2) is 6.93. The molecule has 0 heterocycles. The Labute approximate surface area is 127 Å². The summed E-state index contributed by atoms with van der Waals surface area (Å²) in [7, 11) is 1.51. The van der Waals surface area contributed by atoms with E-state index in [0.29, 0.717) is 24.2 Å². The van der Waals surface area contributed by atoms with Crippen molar-refractivity contribution in [1.82, 2.24) is 10.6 Å². The van der Waals surface area contributed by atoms with Gasteiger partial charge in [-0.25, -0.2) is 0 Å². The van der Waals surface area contributed by atoms with Gasteiger partial charge in [0.05, 0.1) is 19.6 Å². The van der Waals surface area contributed by atoms with Gasteiger partial charge < -0.3 is 20.5 Å². The van der Waals surface area contributed by atoms with Crippen LogP contribution in [0.25, 0.3) is 0 Å². The molecule has 22 heavy (non-hydrogen) atoms. The topological polar surface area (TPSA) is 105 Å². The van der Waals surface area contributed by atoms with E-state index in [4.69, 9.17) is 9.84 Å². The quantitative estimate of drug-likeness (QED) is 0.706. The van der Waals surface area contributed by atoms with Crippen LogP contribution >= 0.6 is 0 Å². The summed E-state index contributed by atoms with van der Waals surface area (Å²) in [6, 6.07) is 6.49. The molecule has 1 saturated carbocycles. The fourth-order valence-corrected chi connectivity index (χ4v) is 2.24. The highest BCUT2D eigenvalue weighted by Crippen LogP contribution is 2.27. The highest BCUT2D eigenvalue weighted by molar-refractivity contribution is 5.96. The number of aliphatic carboxylic acids is 1. The second-order valence-electron chi connectivity index (χ2n) is 5.19. The Kier molecular flexibility index (Phi) is 4.98. The molecular formula is C15H18N2O5. The number of carboxylic acid groups (broad SMARTS) is 1. The third-order valence-corrected chi connectivity index (χ3v) is 3.59. The number of carboxylic acids is 1. The van der Waals surface area contributed by atoms with Crippen LogP contribution in [0.3, 0.4) is 0 Å². The van der Waals surface area contributed by atoms with Gasteiger partial charge in [-0.1, -0.05) is 6.07 Å². The maximum Gasteiger partial charge on any atom is 0.306 e. The lowest BCUT2D eigenvalue weighted by Crippen LogP contribution is -2.49. The van der Waals surface area contributed by atoms with E-state index in [0.717, 1.165) is 0 Å². The summed E-state index contributed by atoms with van der Waals surface area (Å²) in [4.78, 5) is 34.2. The van der Waals surface area contributed by atoms with Crippen molar-refractivity contribution in [1.29, 1.82) is 0 Å². The normalized spacial score (nSPS) is 19.7. The maximum absolute atomic E-state index is 11.9. The Hall–Kier alpha value is -2.57. The number of benzene rings is 1. The molecule has 0 saturated heterocycles. The summed E-state index contributed by atoms with van der Waals surface area (Å²) in [5, 5.41) is 14.0. The fraction of sp³-hybridized carbons (Fsp3) is 0.400. The van der Waals surface area contributed by atoms with Gasteiger partial charge in [0, 0.05) is 11.6 Å². The number of methoxy groups -OCH3 is 1. The Morgan fingerprint density at radius 3 is 2.68 bits per heavy atom. The molecule has 1 aromatic carbocycles. The number of hydrogen-bond acceptors (Lipinski definition) is 4. The molecule has 0 atom stereocenters. The van der Waals surface area contributed by atoms with Crippen LogP contribution in [0.15, 0.2) is 24.3 Å². The van der Waals surface area contributed by atoms with Crippen molar-refractivity contribution in [2.45, 2.75) is 18.9 Å². The summed E-state index contributed by atoms with van der Waals surface area (Å²) in [6.45, 7) is -0.149. The zero-order valence-electron chi connectivity index (χ0n) is 12.2. The van der Waals surface area contributed by atoms with Crippen LogP contribution in [0, 0.1) is 5.92 Å². The Balaban J connectivity index is 1.74. The van der Waals surface area contributed by atoms with Crippen molar-refractivity contribution in [3.8, 4) is 5.75 Å². The highest BCUT2D eigenvalue weighted by Gasteiger charge is 2.35. The lowest BCUT2D eigenvalue weighted by molar-refractivity contribution is -0.146. The Morgan fingerprint density at radius 2 is 2.05 bits per heavy atom. The van der Waals surface area contributed by atoms with Gasteiger partial charge in [0.1, 0.15) is 5.75 Å². The van der Waals surface area contributed by atoms with Gasteiger partial charge in [-0.15, -0.1) is 0 Å². The van der Waals surface area contributed by atoms with Gasteiger partial charge in [0.15, 0.2) is 0 Å². The van der Waals surface area contributed by atoms with Gasteiger partial charge in [-0.2, -0.15) is 0 Å². The van der Waals surface area contributed by atoms with E-state index in [1.807, 2.05) is 0 Å². The predicted molar refractivity (Wildman–Crippen MR) is 77.6 cm³/mol. The SMILES string of the molecule is COc1cccc(C(=O)NCC(=O)NC2CC(C(=O)O)C2)c1. The van der Waals surface area contributed by atoms with Crippen molar-refractivity contribution in [3.05, 3.63) is 29.8 Å². The first-order chi connectivity index (χ1) is 10.5. The molecule has 2 rings (SSSR count). The molecule has 3 N–H and O–H groups in total. The predicted octanol–water partition coefficient (Wildman–Crippen LogP) is 0.404. The van der Waals surface area contributed by atoms with E-state index in [1.54, 1.807) is 24.3 Å². The van der Waals surface area contributed by atoms with Crippen LogP contribution in [0.4, 0.5) is 0 Å². The van der Waals surface area contributed by atoms with Crippen LogP contribution in [0.2, 0.25) is 0 Å². The van der Waals surface area contributed by atoms with Gasteiger partial charge >= 0.3 is 5.97 Å². The van der Waals surface area contributed by atoms with Gasteiger partial charge in [-0.3, -0.25) is 14.4 Å². The number of rotatable bonds is 6. The molecule has 118 valence electrons. The molecule has 0 aliphatic heterocycles. The number of ether oxygens (including phenoxy) is 1. The number of hydrogen-bond donors (Lipinski definition) is 3. The Morgan fingerprint density at radius 1 is 1.32 bits per heavy atom. The van der Waals surface area contributed by atoms with Crippen molar-refractivity contribution >= 4 is 17.8 Å². The number of amides is 2. The molecule has 2 amide bonds. The lowest BCUT2D eigenvalue weighted by atomic mass is 9.80. The van der Waals surface area contributed by atoms with Gasteiger partial charge in [0.25, 0.3) is 5.91 Å². The number of nitrogens with one attached hydrogen (secondary N) is 2. The Bertz CT molecular complexity index is 581. The third-order valence-electron chi connectivity index (χ3n) is 3.59. The smallest absolute Gasteiger partial charge is 0.306 e. The van der Waals surface area contributed by atoms with Crippen LogP contribution in [-0.2, 0) is 9.59 Å². The minimum atomic E-state index is -0.836. The molecule has 7 heteroatoms. The monoisotopic (exact) mass is 306 g/mol. The van der Waals surface area contributed by atoms with E-state index in [1.165, 1.54) is 7.11 Å². The standard InChI is InChI=1S/C15H18N2O5/c1-22-12-4-2-3-9(7-12)14(19)16-8-13(18)17-11-5-10(6-11)15(20)21/h2-4,7,10-11H,5-6,8H2,1H3,(H,16,19)(H,17,18)(H,20,21). The average Bonchev–Trinajstić information content (AvgIpc) is 2.47. The zero-order chi connectivity index (χ0) is 16.1. The molecule has 0 unspecified atom stereocenters. The molecule has 0 aromatic heterocycles. The van der Waals surface area contributed by atoms with Crippen LogP contribution in [0.5, 0.6) is 5.75 Å². The zero-order valence-corrected chi connectivity index (χ0v) is 12.2. The molecule has 1 aliphatic rings. The van der Waals surface area contributed by atoms with E-state index < -0.39 is 5.97 Å². The van der Waals surface area contributed by atoms with Crippen molar-refractivity contribution in [3.63, 3.8) is 0 Å². The highest BCUT2D eigenvalue weighted by atomic mass is 16.5. The molecule has 7 nitrogen and oxygen atoms in total. The first kappa shape index (κ1) is 15.8. The molecule has 1 aliphatic carbocycles. The molecule has 0 radical (unpaired) electrons.